The van der Waals surface area contributed by atoms with Gasteiger partial charge in [-0.1, -0.05) is 18.8 Å². The summed E-state index contributed by atoms with van der Waals surface area (Å²) in [5.41, 5.74) is 1.05. The van der Waals surface area contributed by atoms with E-state index >= 15 is 0 Å². The van der Waals surface area contributed by atoms with E-state index in [0.717, 1.165) is 11.3 Å². The summed E-state index contributed by atoms with van der Waals surface area (Å²) < 4.78 is 0. The van der Waals surface area contributed by atoms with Crippen molar-refractivity contribution in [2.24, 2.45) is 0 Å². The summed E-state index contributed by atoms with van der Waals surface area (Å²) in [5.74, 6) is 6.89. The number of thioether (sulfide) groups is 1. The van der Waals surface area contributed by atoms with Crippen molar-refractivity contribution < 1.29 is 10.2 Å². The van der Waals surface area contributed by atoms with Crippen LogP contribution in [0.2, 0.25) is 0 Å². The first-order valence-corrected chi connectivity index (χ1v) is 7.53. The third-order valence-corrected chi connectivity index (χ3v) is 4.84. The minimum Gasteiger partial charge on any atom is -0.395 e. The van der Waals surface area contributed by atoms with Gasteiger partial charge in [-0.15, -0.1) is 11.3 Å². The van der Waals surface area contributed by atoms with Crippen LogP contribution < -0.4 is 0 Å². The monoisotopic (exact) mass is 270 g/mol. The first kappa shape index (κ1) is 14.6. The molecule has 2 N–H and O–H groups in total. The maximum Gasteiger partial charge on any atom is 0.0628 e. The average Bonchev–Trinajstić information content (AvgIpc) is 2.74. The molecule has 0 fully saturated rings. The summed E-state index contributed by atoms with van der Waals surface area (Å²) in [6.07, 6.45) is 0.232. The first-order chi connectivity index (χ1) is 8.15. The summed E-state index contributed by atoms with van der Waals surface area (Å²) in [4.78, 5) is 1.24. The lowest BCUT2D eigenvalue weighted by atomic mass is 10.2. The Bertz CT molecular complexity index is 388. The molecule has 2 unspecified atom stereocenters. The minimum atomic E-state index is -0.288. The third kappa shape index (κ3) is 5.13. The van der Waals surface area contributed by atoms with Crippen molar-refractivity contribution in [1.29, 1.82) is 0 Å². The first-order valence-electron chi connectivity index (χ1n) is 5.61. The topological polar surface area (TPSA) is 40.5 Å². The van der Waals surface area contributed by atoms with Gasteiger partial charge in [-0.2, -0.15) is 11.8 Å². The van der Waals surface area contributed by atoms with Gasteiger partial charge in [-0.25, -0.2) is 0 Å². The molecular weight excluding hydrogens is 252 g/mol. The minimum absolute atomic E-state index is 0.111. The Balaban J connectivity index is 2.55. The second-order valence-corrected chi connectivity index (χ2v) is 6.16. The van der Waals surface area contributed by atoms with Gasteiger partial charge in [-0.05, 0) is 18.4 Å². The van der Waals surface area contributed by atoms with Crippen LogP contribution in [0.4, 0.5) is 0 Å². The van der Waals surface area contributed by atoms with Crippen LogP contribution in [0.5, 0.6) is 0 Å². The fourth-order valence-electron chi connectivity index (χ4n) is 1.12. The quantitative estimate of drug-likeness (QED) is 0.808. The van der Waals surface area contributed by atoms with E-state index in [1.165, 1.54) is 4.88 Å². The maximum atomic E-state index is 9.42. The molecular formula is C13H18O2S2. The van der Waals surface area contributed by atoms with Crippen LogP contribution in [0.1, 0.15) is 30.7 Å². The van der Waals surface area contributed by atoms with Crippen LogP contribution >= 0.6 is 23.1 Å². The molecule has 1 rings (SSSR count). The summed E-state index contributed by atoms with van der Waals surface area (Å²) in [5, 5.41) is 20.4. The van der Waals surface area contributed by atoms with Crippen molar-refractivity contribution in [3.05, 3.63) is 21.9 Å². The Morgan fingerprint density at radius 1 is 1.47 bits per heavy atom. The predicted molar refractivity (Wildman–Crippen MR) is 75.3 cm³/mol. The lowest BCUT2D eigenvalue weighted by molar-refractivity contribution is 0.196. The Morgan fingerprint density at radius 2 is 2.24 bits per heavy atom. The molecule has 0 aliphatic carbocycles. The fourth-order valence-corrected chi connectivity index (χ4v) is 3.06. The zero-order valence-electron chi connectivity index (χ0n) is 10.1. The van der Waals surface area contributed by atoms with Gasteiger partial charge in [0.25, 0.3) is 0 Å². The molecule has 0 amide bonds. The zero-order chi connectivity index (χ0) is 12.7. The molecule has 0 aromatic carbocycles. The molecule has 0 bridgehead atoms. The molecule has 0 saturated carbocycles. The molecule has 1 aromatic heterocycles. The van der Waals surface area contributed by atoms with Crippen molar-refractivity contribution in [2.75, 3.05) is 6.61 Å². The number of thiophene rings is 1. The van der Waals surface area contributed by atoms with E-state index in [2.05, 4.69) is 11.8 Å². The number of rotatable bonds is 5. The molecule has 1 heterocycles. The Kier molecular flexibility index (Phi) is 6.68. The van der Waals surface area contributed by atoms with Gasteiger partial charge in [0.15, 0.2) is 0 Å². The number of hydrogen-bond donors (Lipinski definition) is 2. The van der Waals surface area contributed by atoms with E-state index in [-0.39, 0.29) is 18.0 Å². The predicted octanol–water partition coefficient (Wildman–Crippen LogP) is 2.48. The Labute approximate surface area is 111 Å². The second-order valence-electron chi connectivity index (χ2n) is 3.79. The smallest absolute Gasteiger partial charge is 0.0628 e. The normalized spacial score (nSPS) is 13.9. The highest BCUT2D eigenvalue weighted by Gasteiger charge is 2.10. The lowest BCUT2D eigenvalue weighted by Crippen LogP contribution is -2.15. The van der Waals surface area contributed by atoms with Gasteiger partial charge in [0.2, 0.25) is 0 Å². The van der Waals surface area contributed by atoms with Crippen molar-refractivity contribution >= 4 is 23.1 Å². The van der Waals surface area contributed by atoms with E-state index in [4.69, 9.17) is 5.11 Å². The van der Waals surface area contributed by atoms with Crippen LogP contribution in [-0.2, 0) is 5.75 Å². The molecule has 4 heteroatoms. The average molecular weight is 270 g/mol. The summed E-state index contributed by atoms with van der Waals surface area (Å²) >= 11 is 3.43. The molecule has 0 spiro atoms. The third-order valence-electron chi connectivity index (χ3n) is 2.36. The number of aliphatic hydroxyl groups excluding tert-OH is 2. The van der Waals surface area contributed by atoms with Gasteiger partial charge < -0.3 is 10.2 Å². The molecule has 2 nitrogen and oxygen atoms in total. The maximum absolute atomic E-state index is 9.42. The molecule has 1 aromatic rings. The molecule has 0 radical (unpaired) electrons. The molecule has 2 atom stereocenters. The Morgan fingerprint density at radius 3 is 2.88 bits per heavy atom. The highest BCUT2D eigenvalue weighted by molar-refractivity contribution is 7.99. The van der Waals surface area contributed by atoms with Crippen LogP contribution in [0.25, 0.3) is 0 Å². The van der Waals surface area contributed by atoms with E-state index in [1.807, 2.05) is 25.3 Å². The van der Waals surface area contributed by atoms with Crippen molar-refractivity contribution in [2.45, 2.75) is 37.4 Å². The van der Waals surface area contributed by atoms with Crippen LogP contribution in [0, 0.1) is 11.8 Å². The van der Waals surface area contributed by atoms with Gasteiger partial charge >= 0.3 is 0 Å². The molecule has 94 valence electrons. The Hall–Kier alpha value is -0.470. The molecule has 0 aliphatic heterocycles. The van der Waals surface area contributed by atoms with Crippen LogP contribution in [0.3, 0.4) is 0 Å². The van der Waals surface area contributed by atoms with Crippen molar-refractivity contribution in [1.82, 2.24) is 0 Å². The SMILES string of the molecule is CC(O)C(C)SCc1sccc1C#CCCO. The summed E-state index contributed by atoms with van der Waals surface area (Å²) in [6, 6.07) is 2.01. The molecule has 0 saturated heterocycles. The lowest BCUT2D eigenvalue weighted by Gasteiger charge is -2.13. The molecule has 17 heavy (non-hydrogen) atoms. The van der Waals surface area contributed by atoms with E-state index in [1.54, 1.807) is 23.1 Å². The zero-order valence-corrected chi connectivity index (χ0v) is 11.8. The fraction of sp³-hybridized carbons (Fsp3) is 0.538. The summed E-state index contributed by atoms with van der Waals surface area (Å²) in [7, 11) is 0. The number of hydrogen-bond acceptors (Lipinski definition) is 4. The van der Waals surface area contributed by atoms with Crippen molar-refractivity contribution in [3.8, 4) is 11.8 Å². The van der Waals surface area contributed by atoms with Crippen molar-refractivity contribution in [3.63, 3.8) is 0 Å². The van der Waals surface area contributed by atoms with Crippen LogP contribution in [0.15, 0.2) is 11.4 Å². The van der Waals surface area contributed by atoms with Gasteiger partial charge in [0.05, 0.1) is 12.7 Å². The van der Waals surface area contributed by atoms with E-state index in [9.17, 15) is 5.11 Å². The largest absolute Gasteiger partial charge is 0.395 e. The standard InChI is InChI=1S/C13H18O2S2/c1-10(15)11(2)17-9-13-12(6-8-16-13)5-3-4-7-14/h6,8,10-11,14-15H,4,7,9H2,1-2H3. The molecule has 0 aliphatic rings. The highest BCUT2D eigenvalue weighted by atomic mass is 32.2. The van der Waals surface area contributed by atoms with E-state index < -0.39 is 0 Å². The van der Waals surface area contributed by atoms with E-state index in [0.29, 0.717) is 6.42 Å². The van der Waals surface area contributed by atoms with Gasteiger partial charge in [0, 0.05) is 27.9 Å². The summed E-state index contributed by atoms with van der Waals surface area (Å²) in [6.45, 7) is 3.95. The van der Waals surface area contributed by atoms with Gasteiger partial charge in [0.1, 0.15) is 0 Å². The van der Waals surface area contributed by atoms with Gasteiger partial charge in [-0.3, -0.25) is 0 Å². The van der Waals surface area contributed by atoms with Crippen LogP contribution in [-0.4, -0.2) is 28.2 Å². The highest BCUT2D eigenvalue weighted by Crippen LogP contribution is 2.25. The number of aliphatic hydroxyl groups is 2. The second kappa shape index (κ2) is 7.78.